The van der Waals surface area contributed by atoms with E-state index in [1.54, 1.807) is 26.0 Å². The number of benzene rings is 1. The van der Waals surface area contributed by atoms with Crippen LogP contribution in [-0.2, 0) is 11.3 Å². The van der Waals surface area contributed by atoms with Crippen molar-refractivity contribution in [1.29, 1.82) is 0 Å². The number of nitrogens with zero attached hydrogens (tertiary/aromatic N) is 1. The van der Waals surface area contributed by atoms with Crippen LogP contribution in [0.2, 0.25) is 0 Å². The molecular weight excluding hydrogens is 273 g/mol. The minimum atomic E-state index is -1.07. The van der Waals surface area contributed by atoms with E-state index in [0.29, 0.717) is 30.8 Å². The van der Waals surface area contributed by atoms with Gasteiger partial charge >= 0.3 is 5.97 Å². The first-order valence-electron chi connectivity index (χ1n) is 6.85. The molecule has 1 rings (SSSR count). The van der Waals surface area contributed by atoms with E-state index >= 15 is 0 Å². The number of carboxylic acids is 1. The second-order valence-corrected chi connectivity index (χ2v) is 5.64. The molecule has 1 aromatic carbocycles. The van der Waals surface area contributed by atoms with E-state index in [1.165, 1.54) is 12.1 Å². The van der Waals surface area contributed by atoms with Crippen molar-refractivity contribution in [3.8, 4) is 0 Å². The third kappa shape index (κ3) is 6.51. The van der Waals surface area contributed by atoms with Crippen LogP contribution in [0.5, 0.6) is 0 Å². The van der Waals surface area contributed by atoms with Gasteiger partial charge < -0.3 is 10.2 Å². The van der Waals surface area contributed by atoms with Crippen LogP contribution < -0.4 is 0 Å². The average molecular weight is 295 g/mol. The van der Waals surface area contributed by atoms with E-state index in [-0.39, 0.29) is 5.82 Å². The molecule has 0 atom stereocenters. The molecule has 21 heavy (non-hydrogen) atoms. The highest BCUT2D eigenvalue weighted by atomic mass is 19.1. The van der Waals surface area contributed by atoms with Crippen molar-refractivity contribution in [2.75, 3.05) is 13.1 Å². The number of hydrogen-bond acceptors (Lipinski definition) is 3. The lowest BCUT2D eigenvalue weighted by Gasteiger charge is -2.28. The summed E-state index contributed by atoms with van der Waals surface area (Å²) in [6.07, 6.45) is 2.32. The van der Waals surface area contributed by atoms with E-state index in [2.05, 4.69) is 0 Å². The Kier molecular flexibility index (Phi) is 6.05. The Bertz CT molecular complexity index is 521. The molecule has 0 radical (unpaired) electrons. The van der Waals surface area contributed by atoms with Crippen LogP contribution in [0.3, 0.4) is 0 Å². The Labute approximate surface area is 124 Å². The zero-order chi connectivity index (χ0) is 16.0. The monoisotopic (exact) mass is 295 g/mol. The van der Waals surface area contributed by atoms with Gasteiger partial charge in [-0.2, -0.15) is 0 Å². The topological polar surface area (TPSA) is 60.8 Å². The summed E-state index contributed by atoms with van der Waals surface area (Å²) in [7, 11) is 0. The molecule has 2 N–H and O–H groups in total. The third-order valence-corrected chi connectivity index (χ3v) is 2.95. The normalized spacial score (nSPS) is 12.3. The minimum absolute atomic E-state index is 0.378. The fourth-order valence-electron chi connectivity index (χ4n) is 2.03. The highest BCUT2D eigenvalue weighted by Crippen LogP contribution is 2.15. The highest BCUT2D eigenvalue weighted by molar-refractivity contribution is 5.85. The molecule has 0 fully saturated rings. The molecule has 0 bridgehead atoms. The number of likely N-dealkylation sites (N-methyl/N-ethyl adjacent to an activating group) is 1. The van der Waals surface area contributed by atoms with Gasteiger partial charge in [0.05, 0.1) is 5.60 Å². The summed E-state index contributed by atoms with van der Waals surface area (Å²) < 4.78 is 14.0. The molecule has 0 aromatic heterocycles. The predicted octanol–water partition coefficient (Wildman–Crippen LogP) is 2.52. The van der Waals surface area contributed by atoms with Gasteiger partial charge in [-0.3, -0.25) is 4.90 Å². The van der Waals surface area contributed by atoms with E-state index in [4.69, 9.17) is 5.11 Å². The molecule has 0 spiro atoms. The maximum Gasteiger partial charge on any atom is 0.328 e. The summed E-state index contributed by atoms with van der Waals surface area (Å²) >= 11 is 0. The standard InChI is InChI=1S/C16H22FNO3/c1-4-18(11-16(2,3)21)10-13-7-5-12(9-14(13)17)6-8-15(19)20/h5-9,21H,4,10-11H2,1-3H3,(H,19,20). The summed E-state index contributed by atoms with van der Waals surface area (Å²) in [6, 6.07) is 4.63. The fourth-order valence-corrected chi connectivity index (χ4v) is 2.03. The number of hydrogen-bond donors (Lipinski definition) is 2. The van der Waals surface area contributed by atoms with Crippen molar-refractivity contribution in [2.24, 2.45) is 0 Å². The average Bonchev–Trinajstić information content (AvgIpc) is 2.36. The first-order valence-corrected chi connectivity index (χ1v) is 6.85. The number of rotatable bonds is 7. The van der Waals surface area contributed by atoms with Gasteiger partial charge in [0.15, 0.2) is 0 Å². The Morgan fingerprint density at radius 2 is 2.10 bits per heavy atom. The van der Waals surface area contributed by atoms with Gasteiger partial charge in [-0.05, 0) is 38.1 Å². The van der Waals surface area contributed by atoms with Crippen LogP contribution in [0.4, 0.5) is 4.39 Å². The van der Waals surface area contributed by atoms with Gasteiger partial charge in [0, 0.05) is 24.7 Å². The van der Waals surface area contributed by atoms with Crippen LogP contribution in [0.1, 0.15) is 31.9 Å². The second-order valence-electron chi connectivity index (χ2n) is 5.64. The van der Waals surface area contributed by atoms with Gasteiger partial charge in [0.1, 0.15) is 5.82 Å². The maximum atomic E-state index is 14.0. The van der Waals surface area contributed by atoms with Gasteiger partial charge in [-0.1, -0.05) is 19.1 Å². The van der Waals surface area contributed by atoms with Crippen LogP contribution in [0.25, 0.3) is 6.08 Å². The molecule has 0 saturated heterocycles. The van der Waals surface area contributed by atoms with Gasteiger partial charge in [-0.15, -0.1) is 0 Å². The smallest absolute Gasteiger partial charge is 0.328 e. The molecule has 0 aliphatic heterocycles. The predicted molar refractivity (Wildman–Crippen MR) is 80.3 cm³/mol. The lowest BCUT2D eigenvalue weighted by atomic mass is 10.1. The molecule has 5 heteroatoms. The lowest BCUT2D eigenvalue weighted by Crippen LogP contribution is -2.38. The Hall–Kier alpha value is -1.72. The number of aliphatic carboxylic acids is 1. The van der Waals surface area contributed by atoms with Crippen molar-refractivity contribution in [1.82, 2.24) is 4.90 Å². The van der Waals surface area contributed by atoms with Crippen LogP contribution in [-0.4, -0.2) is 39.8 Å². The summed E-state index contributed by atoms with van der Waals surface area (Å²) in [5.74, 6) is -1.45. The molecular formula is C16H22FNO3. The fraction of sp³-hybridized carbons (Fsp3) is 0.438. The Balaban J connectivity index is 2.82. The number of carboxylic acid groups (broad SMARTS) is 1. The molecule has 0 heterocycles. The zero-order valence-corrected chi connectivity index (χ0v) is 12.6. The third-order valence-electron chi connectivity index (χ3n) is 2.95. The molecule has 0 unspecified atom stereocenters. The summed E-state index contributed by atoms with van der Waals surface area (Å²) in [5, 5.41) is 18.4. The van der Waals surface area contributed by atoms with Crippen LogP contribution in [0.15, 0.2) is 24.3 Å². The lowest BCUT2D eigenvalue weighted by molar-refractivity contribution is -0.131. The molecule has 0 saturated carbocycles. The maximum absolute atomic E-state index is 14.0. The van der Waals surface area contributed by atoms with E-state index in [9.17, 15) is 14.3 Å². The molecule has 0 aliphatic rings. The van der Waals surface area contributed by atoms with Crippen molar-refractivity contribution in [2.45, 2.75) is 32.9 Å². The summed E-state index contributed by atoms with van der Waals surface area (Å²) in [5.41, 5.74) is 0.189. The number of halogens is 1. The van der Waals surface area contributed by atoms with Crippen molar-refractivity contribution in [3.63, 3.8) is 0 Å². The van der Waals surface area contributed by atoms with E-state index in [1.807, 2.05) is 11.8 Å². The molecule has 4 nitrogen and oxygen atoms in total. The van der Waals surface area contributed by atoms with Crippen molar-refractivity contribution >= 4 is 12.0 Å². The zero-order valence-electron chi connectivity index (χ0n) is 12.6. The SMILES string of the molecule is CCN(Cc1ccc(C=CC(=O)O)cc1F)CC(C)(C)O. The molecule has 116 valence electrons. The first kappa shape index (κ1) is 17.3. The van der Waals surface area contributed by atoms with Crippen LogP contribution in [0, 0.1) is 5.82 Å². The Morgan fingerprint density at radius 1 is 1.43 bits per heavy atom. The van der Waals surface area contributed by atoms with Crippen molar-refractivity contribution < 1.29 is 19.4 Å². The highest BCUT2D eigenvalue weighted by Gasteiger charge is 2.18. The van der Waals surface area contributed by atoms with E-state index < -0.39 is 11.6 Å². The van der Waals surface area contributed by atoms with Gasteiger partial charge in [0.25, 0.3) is 0 Å². The van der Waals surface area contributed by atoms with Gasteiger partial charge in [0.2, 0.25) is 0 Å². The molecule has 0 amide bonds. The quantitative estimate of drug-likeness (QED) is 0.759. The van der Waals surface area contributed by atoms with E-state index in [0.717, 1.165) is 6.08 Å². The number of aliphatic hydroxyl groups is 1. The summed E-state index contributed by atoms with van der Waals surface area (Å²) in [4.78, 5) is 12.4. The first-order chi connectivity index (χ1) is 9.71. The van der Waals surface area contributed by atoms with Gasteiger partial charge in [-0.25, -0.2) is 9.18 Å². The molecule has 0 aliphatic carbocycles. The second kappa shape index (κ2) is 7.33. The summed E-state index contributed by atoms with van der Waals surface area (Å²) in [6.45, 7) is 6.92. The Morgan fingerprint density at radius 3 is 2.57 bits per heavy atom. The van der Waals surface area contributed by atoms with Crippen LogP contribution >= 0.6 is 0 Å². The molecule has 1 aromatic rings. The van der Waals surface area contributed by atoms with Crippen molar-refractivity contribution in [3.05, 3.63) is 41.2 Å². The number of carbonyl (C=O) groups is 1. The minimum Gasteiger partial charge on any atom is -0.478 e. The largest absolute Gasteiger partial charge is 0.478 e.